The highest BCUT2D eigenvalue weighted by Gasteiger charge is 2.27. The van der Waals surface area contributed by atoms with Gasteiger partial charge in [-0.15, -0.1) is 0 Å². The fourth-order valence-electron chi connectivity index (χ4n) is 16.8. The highest BCUT2D eigenvalue weighted by atomic mass is 79.9. The Morgan fingerprint density at radius 1 is 0.280 bits per heavy atom. The van der Waals surface area contributed by atoms with E-state index >= 15 is 0 Å². The molecule has 7 N–H and O–H groups in total. The first-order chi connectivity index (χ1) is 69.4. The Kier molecular flexibility index (Phi) is 41.3. The predicted molar refractivity (Wildman–Crippen MR) is 564 cm³/mol. The van der Waals surface area contributed by atoms with Crippen LogP contribution < -0.4 is 40.2 Å². The van der Waals surface area contributed by atoms with E-state index in [2.05, 4.69) is 87.4 Å². The number of hydrogen-bond donors (Lipinski definition) is 7. The monoisotopic (exact) mass is 2000 g/mol. The number of amides is 4. The third-order valence-electron chi connectivity index (χ3n) is 24.7. The molecule has 3 saturated heterocycles. The molecular weight excluding hydrogens is 1880 g/mol. The third kappa shape index (κ3) is 31.5. The lowest BCUT2D eigenvalue weighted by Crippen LogP contribution is -2.47. The standard InChI is InChI=1S/C31H37N3O4.C30H35N3O5.C29H33N3O5.C24H22BrNO4/c1-4-14-33-15-17-34(18-16-33)19-20-38-26-12-10-23(2)28(22-26)30(35)32-29-21-25(24-8-6-5-7-9-24)11-13-27(29)31(36)37-3;1-3-13-32-14-16-33(17-15-32)18-19-38-24-10-12-28(34)26(21-24)29(35)31-27-20-23(22-7-5-4-6-8-22)9-11-25(27)30(36)37-2;1-2-12-31-13-15-32(16-14-31)17-18-37-23-9-11-27(33)25(20-23)28(34)30-26-19-22(8-10-24(26)29(35)36)21-6-4-3-5-7-21;1-16-8-10-19(30-13-12-25)15-21(16)23(27)26-22-14-18(17-6-4-3-5-7-17)9-11-20(22)24(28)29-2/h5-13,21-22H,4,14-20H2,1-3H3,(H,32,35);4-12,20-21,34H,3,13-19H2,1-2H3,(H,31,35);3-11,19-20,33H,2,12-18H2,1H3,(H,30,34)(H,35,36);3-11,14-15H,12-13H2,1-2H3,(H,26,27). The Hall–Kier alpha value is -14.6. The Morgan fingerprint density at radius 3 is 0.776 bits per heavy atom. The minimum Gasteiger partial charge on any atom is -0.507 e. The van der Waals surface area contributed by atoms with Gasteiger partial charge in [-0.2, -0.15) is 0 Å². The summed E-state index contributed by atoms with van der Waals surface area (Å²) in [6, 6.07) is 79.1. The molecule has 0 saturated carbocycles. The summed E-state index contributed by atoms with van der Waals surface area (Å²) in [7, 11) is 3.93. The average molecular weight is 2010 g/mol. The van der Waals surface area contributed by atoms with Gasteiger partial charge in [-0.1, -0.05) is 194 Å². The van der Waals surface area contributed by atoms with E-state index in [9.17, 15) is 53.7 Å². The van der Waals surface area contributed by atoms with Crippen LogP contribution in [0.1, 0.15) is 134 Å². The maximum absolute atomic E-state index is 13.4. The maximum Gasteiger partial charge on any atom is 0.339 e. The quantitative estimate of drug-likeness (QED) is 0.0108. The normalized spacial score (nSPS) is 13.4. The zero-order chi connectivity index (χ0) is 102. The topological polar surface area (TPSA) is 329 Å². The van der Waals surface area contributed by atoms with Gasteiger partial charge in [0.15, 0.2) is 0 Å². The first kappa shape index (κ1) is 107. The van der Waals surface area contributed by atoms with Gasteiger partial charge >= 0.3 is 23.9 Å². The molecule has 0 unspecified atom stereocenters. The van der Waals surface area contributed by atoms with Crippen LogP contribution in [-0.4, -0.2) is 263 Å². The number of aromatic carboxylic acids is 1. The van der Waals surface area contributed by atoms with Crippen molar-refractivity contribution in [1.29, 1.82) is 0 Å². The number of rotatable bonds is 37. The van der Waals surface area contributed by atoms with Gasteiger partial charge in [-0.25, -0.2) is 19.2 Å². The smallest absolute Gasteiger partial charge is 0.339 e. The summed E-state index contributed by atoms with van der Waals surface area (Å²) in [5.41, 5.74) is 11.8. The molecule has 0 aliphatic carbocycles. The first-order valence-electron chi connectivity index (χ1n) is 48.2. The number of phenolic OH excluding ortho intramolecular Hbond substituents is 2. The van der Waals surface area contributed by atoms with Gasteiger partial charge in [0.2, 0.25) is 0 Å². The summed E-state index contributed by atoms with van der Waals surface area (Å²) in [6.45, 7) is 30.8. The lowest BCUT2D eigenvalue weighted by molar-refractivity contribution is 0.0592. The number of aromatic hydroxyl groups is 2. The predicted octanol–water partition coefficient (Wildman–Crippen LogP) is 19.5. The number of phenols is 2. The van der Waals surface area contributed by atoms with Gasteiger partial charge in [0, 0.05) is 115 Å². The molecule has 0 radical (unpaired) electrons. The van der Waals surface area contributed by atoms with E-state index in [0.717, 1.165) is 180 Å². The number of nitrogens with zero attached hydrogens (tertiary/aromatic N) is 6. The molecule has 29 heteroatoms. The van der Waals surface area contributed by atoms with E-state index in [-0.39, 0.29) is 62.5 Å². The molecule has 12 aromatic carbocycles. The SMILES string of the molecule is CCCN1CCN(CCOc2ccc(C)c(C(=O)Nc3cc(-c4ccccc4)ccc3C(=O)OC)c2)CC1.CCCN1CCN(CCOc2ccc(O)c(C(=O)Nc3cc(-c4ccccc4)ccc3C(=O)O)c2)CC1.CCCN1CCN(CCOc2ccc(O)c(C(=O)Nc3cc(-c4ccccc4)ccc3C(=O)OC)c2)CC1.COC(=O)c1ccc(-c2ccccc2)cc1NC(=O)c1cc(OCCBr)ccc1C. The van der Waals surface area contributed by atoms with E-state index in [0.29, 0.717) is 82.8 Å². The van der Waals surface area contributed by atoms with Crippen molar-refractivity contribution in [2.45, 2.75) is 53.9 Å². The van der Waals surface area contributed by atoms with Crippen LogP contribution in [0.5, 0.6) is 34.5 Å². The molecular formula is C114H127BrN10O18. The Morgan fingerprint density at radius 2 is 0.517 bits per heavy atom. The minimum atomic E-state index is -1.16. The highest BCUT2D eigenvalue weighted by Crippen LogP contribution is 2.36. The van der Waals surface area contributed by atoms with Crippen LogP contribution >= 0.6 is 15.9 Å². The van der Waals surface area contributed by atoms with Gasteiger partial charge in [-0.05, 0) is 218 Å². The van der Waals surface area contributed by atoms with Crippen LogP contribution in [-0.2, 0) is 14.2 Å². The number of carbonyl (C=O) groups excluding carboxylic acids is 7. The number of methoxy groups -OCH3 is 3. The zero-order valence-electron chi connectivity index (χ0n) is 82.3. The number of esters is 3. The lowest BCUT2D eigenvalue weighted by Gasteiger charge is -2.34. The molecule has 0 spiro atoms. The van der Waals surface area contributed by atoms with Crippen molar-refractivity contribution in [3.8, 4) is 79.0 Å². The number of anilines is 4. The number of ether oxygens (including phenoxy) is 7. The van der Waals surface area contributed by atoms with Crippen molar-refractivity contribution < 1.29 is 86.8 Å². The molecule has 143 heavy (non-hydrogen) atoms. The summed E-state index contributed by atoms with van der Waals surface area (Å²) in [5.74, 6) is -2.76. The highest BCUT2D eigenvalue weighted by molar-refractivity contribution is 9.09. The first-order valence-corrected chi connectivity index (χ1v) is 49.4. The minimum absolute atomic E-state index is 0.00660. The van der Waals surface area contributed by atoms with Crippen molar-refractivity contribution in [3.63, 3.8) is 0 Å². The van der Waals surface area contributed by atoms with Crippen molar-refractivity contribution in [2.75, 3.05) is 192 Å². The number of alkyl halides is 1. The van der Waals surface area contributed by atoms with Crippen molar-refractivity contribution >= 4 is 86.2 Å². The fraction of sp³-hybridized carbons (Fsp3) is 0.298. The Balaban J connectivity index is 0.000000171. The molecule has 0 atom stereocenters. The van der Waals surface area contributed by atoms with E-state index < -0.39 is 35.7 Å². The lowest BCUT2D eigenvalue weighted by atomic mass is 10.0. The van der Waals surface area contributed by atoms with Crippen LogP contribution in [0.15, 0.2) is 267 Å². The largest absolute Gasteiger partial charge is 0.507 e. The molecule has 28 nitrogen and oxygen atoms in total. The Labute approximate surface area is 844 Å². The van der Waals surface area contributed by atoms with Gasteiger partial charge < -0.3 is 84.4 Å². The summed E-state index contributed by atoms with van der Waals surface area (Å²) >= 11 is 3.32. The number of carboxylic acids is 1. The summed E-state index contributed by atoms with van der Waals surface area (Å²) < 4.78 is 38.2. The van der Waals surface area contributed by atoms with Gasteiger partial charge in [0.1, 0.15) is 54.3 Å². The van der Waals surface area contributed by atoms with Gasteiger partial charge in [-0.3, -0.25) is 33.9 Å². The molecule has 748 valence electrons. The molecule has 15 rings (SSSR count). The van der Waals surface area contributed by atoms with Crippen LogP contribution in [0.3, 0.4) is 0 Å². The van der Waals surface area contributed by atoms with E-state index in [4.69, 9.17) is 33.2 Å². The van der Waals surface area contributed by atoms with Crippen LogP contribution in [0, 0.1) is 13.8 Å². The number of aryl methyl sites for hydroxylation is 2. The molecule has 0 aromatic heterocycles. The number of halogens is 1. The number of benzene rings is 12. The summed E-state index contributed by atoms with van der Waals surface area (Å²) in [4.78, 5) is 116. The van der Waals surface area contributed by atoms with Gasteiger partial charge in [0.25, 0.3) is 23.6 Å². The average Bonchev–Trinajstić information content (AvgIpc) is 0.816. The fourth-order valence-corrected chi connectivity index (χ4v) is 16.9. The molecule has 3 heterocycles. The molecule has 4 amide bonds. The summed E-state index contributed by atoms with van der Waals surface area (Å²) in [6.07, 6.45) is 3.52. The second-order valence-electron chi connectivity index (χ2n) is 34.5. The molecule has 0 bridgehead atoms. The van der Waals surface area contributed by atoms with Crippen LogP contribution in [0.25, 0.3) is 44.5 Å². The molecule has 3 aliphatic rings. The van der Waals surface area contributed by atoms with Crippen LogP contribution in [0.2, 0.25) is 0 Å². The van der Waals surface area contributed by atoms with Gasteiger partial charge in [0.05, 0.1) is 84.1 Å². The number of nitrogens with one attached hydrogen (secondary N) is 4. The maximum atomic E-state index is 13.4. The number of piperazine rings is 3. The van der Waals surface area contributed by atoms with E-state index in [1.54, 1.807) is 78.9 Å². The van der Waals surface area contributed by atoms with Crippen molar-refractivity contribution in [1.82, 2.24) is 29.4 Å². The summed E-state index contributed by atoms with van der Waals surface area (Å²) in [5, 5.41) is 42.3. The number of carbonyl (C=O) groups is 8. The van der Waals surface area contributed by atoms with Crippen molar-refractivity contribution in [3.05, 3.63) is 323 Å². The van der Waals surface area contributed by atoms with E-state index in [1.807, 2.05) is 172 Å². The second kappa shape index (κ2) is 55.0. The van der Waals surface area contributed by atoms with E-state index in [1.165, 1.54) is 64.5 Å². The molecule has 3 aliphatic heterocycles. The molecule has 12 aromatic rings. The third-order valence-corrected chi connectivity index (χ3v) is 25.0. The zero-order valence-corrected chi connectivity index (χ0v) is 83.9. The van der Waals surface area contributed by atoms with Crippen molar-refractivity contribution in [2.24, 2.45) is 0 Å². The number of carboxylic acid groups (broad SMARTS) is 1. The second-order valence-corrected chi connectivity index (χ2v) is 35.3. The number of hydrogen-bond acceptors (Lipinski definition) is 23. The Bertz CT molecular complexity index is 6060. The van der Waals surface area contributed by atoms with Crippen LogP contribution in [0.4, 0.5) is 22.7 Å². The molecule has 3 fully saturated rings.